The summed E-state index contributed by atoms with van der Waals surface area (Å²) in [7, 11) is 0. The van der Waals surface area contributed by atoms with Gasteiger partial charge < -0.3 is 15.0 Å². The number of carbonyl (C=O) groups excluding carboxylic acids is 1. The number of carbonyl (C=O) groups is 2. The Morgan fingerprint density at radius 1 is 1.45 bits per heavy atom. The van der Waals surface area contributed by atoms with Crippen molar-refractivity contribution in [2.75, 3.05) is 12.0 Å². The standard InChI is InChI=1S/C15H22N2O4S/c1-11-5-3-8-17(14(11)19)9-4-6-13(18)16-12(15(20)21)7-10-22-2/h3,5,8,12H,4,6-7,9-10H2,1-2H3,(H,16,18)(H,20,21). The van der Waals surface area contributed by atoms with E-state index in [0.29, 0.717) is 30.7 Å². The van der Waals surface area contributed by atoms with Gasteiger partial charge in [-0.3, -0.25) is 9.59 Å². The monoisotopic (exact) mass is 326 g/mol. The molecule has 1 rings (SSSR count). The molecule has 0 saturated carbocycles. The maximum atomic E-state index is 11.8. The first-order valence-electron chi connectivity index (χ1n) is 7.13. The van der Waals surface area contributed by atoms with Gasteiger partial charge in [0.2, 0.25) is 5.91 Å². The third-order valence-electron chi connectivity index (χ3n) is 3.26. The first-order chi connectivity index (χ1) is 10.5. The van der Waals surface area contributed by atoms with Crippen molar-refractivity contribution in [1.82, 2.24) is 9.88 Å². The van der Waals surface area contributed by atoms with Gasteiger partial charge in [0.25, 0.3) is 5.56 Å². The lowest BCUT2D eigenvalue weighted by molar-refractivity contribution is -0.141. The van der Waals surface area contributed by atoms with Crippen molar-refractivity contribution >= 4 is 23.6 Å². The molecule has 0 aliphatic rings. The summed E-state index contributed by atoms with van der Waals surface area (Å²) < 4.78 is 1.56. The van der Waals surface area contributed by atoms with Crippen LogP contribution in [0.3, 0.4) is 0 Å². The van der Waals surface area contributed by atoms with E-state index in [4.69, 9.17) is 5.11 Å². The summed E-state index contributed by atoms with van der Waals surface area (Å²) in [6.07, 6.45) is 4.67. The summed E-state index contributed by atoms with van der Waals surface area (Å²) in [5.74, 6) is -0.637. The van der Waals surface area contributed by atoms with Crippen LogP contribution in [0.2, 0.25) is 0 Å². The molecule has 1 heterocycles. The molecular weight excluding hydrogens is 304 g/mol. The number of amides is 1. The Bertz CT molecular complexity index is 571. The Kier molecular flexibility index (Phi) is 7.73. The molecule has 1 atom stereocenters. The van der Waals surface area contributed by atoms with Crippen molar-refractivity contribution in [2.45, 2.75) is 38.8 Å². The maximum absolute atomic E-state index is 11.8. The zero-order chi connectivity index (χ0) is 16.5. The van der Waals surface area contributed by atoms with E-state index in [1.54, 1.807) is 29.8 Å². The van der Waals surface area contributed by atoms with Gasteiger partial charge in [-0.05, 0) is 37.8 Å². The van der Waals surface area contributed by atoms with E-state index in [2.05, 4.69) is 5.32 Å². The van der Waals surface area contributed by atoms with Crippen LogP contribution in [0.25, 0.3) is 0 Å². The van der Waals surface area contributed by atoms with Crippen molar-refractivity contribution in [3.8, 4) is 0 Å². The van der Waals surface area contributed by atoms with Gasteiger partial charge in [-0.1, -0.05) is 6.07 Å². The Balaban J connectivity index is 2.43. The highest BCUT2D eigenvalue weighted by atomic mass is 32.2. The van der Waals surface area contributed by atoms with Crippen molar-refractivity contribution in [3.63, 3.8) is 0 Å². The highest BCUT2D eigenvalue weighted by Crippen LogP contribution is 2.02. The molecule has 22 heavy (non-hydrogen) atoms. The molecule has 0 aliphatic carbocycles. The maximum Gasteiger partial charge on any atom is 0.326 e. The van der Waals surface area contributed by atoms with Crippen LogP contribution in [0.15, 0.2) is 23.1 Å². The van der Waals surface area contributed by atoms with Crippen LogP contribution in [0.4, 0.5) is 0 Å². The van der Waals surface area contributed by atoms with E-state index in [1.807, 2.05) is 6.26 Å². The Hall–Kier alpha value is -1.76. The smallest absolute Gasteiger partial charge is 0.326 e. The van der Waals surface area contributed by atoms with Gasteiger partial charge in [-0.15, -0.1) is 0 Å². The van der Waals surface area contributed by atoms with E-state index in [9.17, 15) is 14.4 Å². The van der Waals surface area contributed by atoms with Crippen LogP contribution in [0.1, 0.15) is 24.8 Å². The molecule has 0 fully saturated rings. The van der Waals surface area contributed by atoms with E-state index >= 15 is 0 Å². The average molecular weight is 326 g/mol. The van der Waals surface area contributed by atoms with Crippen LogP contribution in [-0.4, -0.2) is 39.6 Å². The number of carboxylic acid groups (broad SMARTS) is 1. The summed E-state index contributed by atoms with van der Waals surface area (Å²) >= 11 is 1.54. The van der Waals surface area contributed by atoms with Crippen molar-refractivity contribution in [2.24, 2.45) is 0 Å². The van der Waals surface area contributed by atoms with Crippen molar-refractivity contribution in [1.29, 1.82) is 0 Å². The molecular formula is C15H22N2O4S. The predicted octanol–water partition coefficient (Wildman–Crippen LogP) is 1.26. The topological polar surface area (TPSA) is 88.4 Å². The molecule has 1 amide bonds. The number of hydrogen-bond donors (Lipinski definition) is 2. The van der Waals surface area contributed by atoms with Crippen molar-refractivity contribution < 1.29 is 14.7 Å². The molecule has 0 bridgehead atoms. The normalized spacial score (nSPS) is 11.9. The molecule has 0 aromatic carbocycles. The van der Waals surface area contributed by atoms with Gasteiger partial charge in [-0.25, -0.2) is 4.79 Å². The van der Waals surface area contributed by atoms with Crippen molar-refractivity contribution in [3.05, 3.63) is 34.2 Å². The largest absolute Gasteiger partial charge is 0.480 e. The summed E-state index contributed by atoms with van der Waals surface area (Å²) in [5, 5.41) is 11.6. The van der Waals surface area contributed by atoms with Crippen LogP contribution in [0.5, 0.6) is 0 Å². The lowest BCUT2D eigenvalue weighted by Gasteiger charge is -2.14. The van der Waals surface area contributed by atoms with Crippen LogP contribution in [0, 0.1) is 6.92 Å². The minimum absolute atomic E-state index is 0.0636. The molecule has 1 unspecified atom stereocenters. The summed E-state index contributed by atoms with van der Waals surface area (Å²) in [4.78, 5) is 34.7. The highest BCUT2D eigenvalue weighted by Gasteiger charge is 2.18. The minimum Gasteiger partial charge on any atom is -0.480 e. The number of nitrogens with one attached hydrogen (secondary N) is 1. The number of aryl methyl sites for hydroxylation is 2. The van der Waals surface area contributed by atoms with Gasteiger partial charge in [0.15, 0.2) is 0 Å². The second-order valence-electron chi connectivity index (χ2n) is 5.03. The summed E-state index contributed by atoms with van der Waals surface area (Å²) in [6, 6.07) is 2.69. The molecule has 1 aromatic rings. The first-order valence-corrected chi connectivity index (χ1v) is 8.52. The predicted molar refractivity (Wildman–Crippen MR) is 87.2 cm³/mol. The SMILES string of the molecule is CSCCC(NC(=O)CCCn1cccc(C)c1=O)C(=O)O. The van der Waals surface area contributed by atoms with Gasteiger partial charge in [-0.2, -0.15) is 11.8 Å². The van der Waals surface area contributed by atoms with Gasteiger partial charge in [0.1, 0.15) is 6.04 Å². The summed E-state index contributed by atoms with van der Waals surface area (Å²) in [6.45, 7) is 2.19. The number of thioether (sulfide) groups is 1. The van der Waals surface area contributed by atoms with Crippen LogP contribution in [-0.2, 0) is 16.1 Å². The van der Waals surface area contributed by atoms with E-state index in [1.165, 1.54) is 11.8 Å². The molecule has 7 heteroatoms. The Morgan fingerprint density at radius 2 is 2.18 bits per heavy atom. The first kappa shape index (κ1) is 18.3. The average Bonchev–Trinajstić information content (AvgIpc) is 2.47. The van der Waals surface area contributed by atoms with Gasteiger partial charge in [0, 0.05) is 24.7 Å². The number of nitrogens with zero attached hydrogens (tertiary/aromatic N) is 1. The fourth-order valence-electron chi connectivity index (χ4n) is 2.00. The third kappa shape index (κ3) is 5.93. The quantitative estimate of drug-likeness (QED) is 0.713. The lowest BCUT2D eigenvalue weighted by atomic mass is 10.2. The zero-order valence-corrected chi connectivity index (χ0v) is 13.7. The molecule has 122 valence electrons. The number of hydrogen-bond acceptors (Lipinski definition) is 4. The number of aliphatic carboxylic acids is 1. The Morgan fingerprint density at radius 3 is 2.82 bits per heavy atom. The molecule has 2 N–H and O–H groups in total. The van der Waals surface area contributed by atoms with E-state index < -0.39 is 12.0 Å². The molecule has 0 aliphatic heterocycles. The lowest BCUT2D eigenvalue weighted by Crippen LogP contribution is -2.41. The third-order valence-corrected chi connectivity index (χ3v) is 3.90. The van der Waals surface area contributed by atoms with E-state index in [0.717, 1.165) is 0 Å². The molecule has 0 saturated heterocycles. The minimum atomic E-state index is -1.02. The zero-order valence-electron chi connectivity index (χ0n) is 12.9. The molecule has 0 radical (unpaired) electrons. The van der Waals surface area contributed by atoms with E-state index in [-0.39, 0.29) is 17.9 Å². The fraction of sp³-hybridized carbons (Fsp3) is 0.533. The number of pyridine rings is 1. The molecule has 6 nitrogen and oxygen atoms in total. The number of aromatic nitrogens is 1. The fourth-order valence-corrected chi connectivity index (χ4v) is 2.47. The number of rotatable bonds is 9. The molecule has 0 spiro atoms. The second kappa shape index (κ2) is 9.30. The Labute approximate surface area is 133 Å². The number of carboxylic acids is 1. The van der Waals surface area contributed by atoms with Crippen LogP contribution < -0.4 is 10.9 Å². The van der Waals surface area contributed by atoms with Gasteiger partial charge >= 0.3 is 5.97 Å². The van der Waals surface area contributed by atoms with Gasteiger partial charge in [0.05, 0.1) is 0 Å². The second-order valence-corrected chi connectivity index (χ2v) is 6.02. The summed E-state index contributed by atoms with van der Waals surface area (Å²) in [5.41, 5.74) is 0.598. The molecule has 1 aromatic heterocycles. The van der Waals surface area contributed by atoms with Crippen LogP contribution >= 0.6 is 11.8 Å². The highest BCUT2D eigenvalue weighted by molar-refractivity contribution is 7.98.